The van der Waals surface area contributed by atoms with Crippen molar-refractivity contribution in [1.29, 1.82) is 0 Å². The monoisotopic (exact) mass is 287 g/mol. The number of hydrogen-bond donors (Lipinski definition) is 2. The van der Waals surface area contributed by atoms with E-state index < -0.39 is 11.4 Å². The summed E-state index contributed by atoms with van der Waals surface area (Å²) >= 11 is 0. The van der Waals surface area contributed by atoms with Crippen LogP contribution in [0.4, 0.5) is 0 Å². The molecule has 0 spiro atoms. The summed E-state index contributed by atoms with van der Waals surface area (Å²) in [5, 5.41) is 12.2. The molecule has 2 atom stereocenters. The second-order valence-corrected chi connectivity index (χ2v) is 5.92. The molecule has 4 heteroatoms. The van der Waals surface area contributed by atoms with E-state index in [4.69, 9.17) is 0 Å². The molecule has 0 saturated heterocycles. The van der Waals surface area contributed by atoms with Gasteiger partial charge in [-0.25, -0.2) is 0 Å². The SMILES string of the molecule is Cc1cccc(/C=C/C(=O)NC2CCCC2(C)C(=O)O)c1. The summed E-state index contributed by atoms with van der Waals surface area (Å²) < 4.78 is 0. The minimum atomic E-state index is -0.854. The van der Waals surface area contributed by atoms with Crippen molar-refractivity contribution in [2.45, 2.75) is 39.2 Å². The van der Waals surface area contributed by atoms with Crippen LogP contribution in [-0.4, -0.2) is 23.0 Å². The molecule has 2 N–H and O–H groups in total. The lowest BCUT2D eigenvalue weighted by molar-refractivity contribution is -0.148. The first-order valence-corrected chi connectivity index (χ1v) is 7.20. The molecule has 1 aliphatic rings. The number of nitrogens with one attached hydrogen (secondary N) is 1. The lowest BCUT2D eigenvalue weighted by atomic mass is 9.85. The summed E-state index contributed by atoms with van der Waals surface area (Å²) in [7, 11) is 0. The molecule has 0 radical (unpaired) electrons. The summed E-state index contributed by atoms with van der Waals surface area (Å²) in [5.74, 6) is -1.08. The highest BCUT2D eigenvalue weighted by molar-refractivity contribution is 5.92. The maximum atomic E-state index is 12.0. The number of carbonyl (C=O) groups is 2. The fraction of sp³-hybridized carbons (Fsp3) is 0.412. The Bertz CT molecular complexity index is 579. The molecule has 1 amide bonds. The van der Waals surface area contributed by atoms with E-state index in [9.17, 15) is 14.7 Å². The molecule has 2 unspecified atom stereocenters. The second-order valence-electron chi connectivity index (χ2n) is 5.92. The molecule has 1 fully saturated rings. The van der Waals surface area contributed by atoms with Gasteiger partial charge in [0, 0.05) is 12.1 Å². The summed E-state index contributed by atoms with van der Waals surface area (Å²) in [6, 6.07) is 7.54. The van der Waals surface area contributed by atoms with E-state index in [2.05, 4.69) is 5.32 Å². The van der Waals surface area contributed by atoms with Crippen LogP contribution in [0.3, 0.4) is 0 Å². The van der Waals surface area contributed by atoms with Gasteiger partial charge in [-0.1, -0.05) is 36.2 Å². The van der Waals surface area contributed by atoms with E-state index in [0.717, 1.165) is 17.5 Å². The first kappa shape index (κ1) is 15.3. The van der Waals surface area contributed by atoms with Crippen LogP contribution in [0.2, 0.25) is 0 Å². The quantitative estimate of drug-likeness (QED) is 0.837. The Balaban J connectivity index is 2.00. The van der Waals surface area contributed by atoms with E-state index in [-0.39, 0.29) is 11.9 Å². The molecule has 2 rings (SSSR count). The molecule has 0 bridgehead atoms. The molecular weight excluding hydrogens is 266 g/mol. The highest BCUT2D eigenvalue weighted by Crippen LogP contribution is 2.38. The molecule has 0 aliphatic heterocycles. The molecular formula is C17H21NO3. The normalized spacial score (nSPS) is 25.1. The average Bonchev–Trinajstić information content (AvgIpc) is 2.79. The maximum absolute atomic E-state index is 12.0. The molecule has 4 nitrogen and oxygen atoms in total. The zero-order valence-corrected chi connectivity index (χ0v) is 12.4. The van der Waals surface area contributed by atoms with E-state index in [0.29, 0.717) is 12.8 Å². The number of benzene rings is 1. The fourth-order valence-electron chi connectivity index (χ4n) is 2.82. The third kappa shape index (κ3) is 3.51. The number of rotatable bonds is 4. The first-order chi connectivity index (χ1) is 9.91. The van der Waals surface area contributed by atoms with Crippen LogP contribution in [0.1, 0.15) is 37.3 Å². The topological polar surface area (TPSA) is 66.4 Å². The number of hydrogen-bond acceptors (Lipinski definition) is 2. The number of carbonyl (C=O) groups excluding carboxylic acids is 1. The van der Waals surface area contributed by atoms with E-state index in [1.165, 1.54) is 6.08 Å². The highest BCUT2D eigenvalue weighted by atomic mass is 16.4. The number of aryl methyl sites for hydroxylation is 1. The predicted molar refractivity (Wildman–Crippen MR) is 81.7 cm³/mol. The van der Waals surface area contributed by atoms with Gasteiger partial charge < -0.3 is 10.4 Å². The minimum Gasteiger partial charge on any atom is -0.481 e. The van der Waals surface area contributed by atoms with Crippen molar-refractivity contribution in [3.8, 4) is 0 Å². The Morgan fingerprint density at radius 2 is 2.19 bits per heavy atom. The lowest BCUT2D eigenvalue weighted by Gasteiger charge is -2.27. The van der Waals surface area contributed by atoms with Crippen molar-refractivity contribution < 1.29 is 14.7 Å². The molecule has 0 aromatic heterocycles. The molecule has 1 aromatic carbocycles. The average molecular weight is 287 g/mol. The lowest BCUT2D eigenvalue weighted by Crippen LogP contribution is -2.46. The van der Waals surface area contributed by atoms with E-state index in [1.54, 1.807) is 13.0 Å². The largest absolute Gasteiger partial charge is 0.481 e. The molecule has 1 aromatic rings. The Labute approximate surface area is 124 Å². The van der Waals surface area contributed by atoms with Gasteiger partial charge >= 0.3 is 5.97 Å². The highest BCUT2D eigenvalue weighted by Gasteiger charge is 2.45. The van der Waals surface area contributed by atoms with E-state index >= 15 is 0 Å². The number of carboxylic acid groups (broad SMARTS) is 1. The van der Waals surface area contributed by atoms with Crippen molar-refractivity contribution in [2.75, 3.05) is 0 Å². The smallest absolute Gasteiger partial charge is 0.311 e. The Kier molecular flexibility index (Phi) is 4.46. The van der Waals surface area contributed by atoms with Crippen LogP contribution < -0.4 is 5.32 Å². The molecule has 112 valence electrons. The third-order valence-corrected chi connectivity index (χ3v) is 4.23. The van der Waals surface area contributed by atoms with Gasteiger partial charge in [0.1, 0.15) is 0 Å². The number of carboxylic acids is 1. The maximum Gasteiger partial charge on any atom is 0.311 e. The van der Waals surface area contributed by atoms with Crippen LogP contribution in [0.5, 0.6) is 0 Å². The summed E-state index contributed by atoms with van der Waals surface area (Å²) in [6.07, 6.45) is 5.36. The van der Waals surface area contributed by atoms with Gasteiger partial charge in [0.2, 0.25) is 5.91 Å². The van der Waals surface area contributed by atoms with Gasteiger partial charge in [0.15, 0.2) is 0 Å². The number of amides is 1. The van der Waals surface area contributed by atoms with Gasteiger partial charge in [-0.15, -0.1) is 0 Å². The Morgan fingerprint density at radius 3 is 2.86 bits per heavy atom. The van der Waals surface area contributed by atoms with Crippen molar-refractivity contribution in [1.82, 2.24) is 5.32 Å². The molecule has 1 aliphatic carbocycles. The van der Waals surface area contributed by atoms with Gasteiger partial charge in [0.05, 0.1) is 5.41 Å². The van der Waals surface area contributed by atoms with Crippen molar-refractivity contribution >= 4 is 18.0 Å². The van der Waals surface area contributed by atoms with Crippen LogP contribution in [0, 0.1) is 12.3 Å². The van der Waals surface area contributed by atoms with Crippen molar-refractivity contribution in [3.63, 3.8) is 0 Å². The predicted octanol–water partition coefficient (Wildman–Crippen LogP) is 2.77. The van der Waals surface area contributed by atoms with Gasteiger partial charge in [-0.2, -0.15) is 0 Å². The van der Waals surface area contributed by atoms with Crippen molar-refractivity contribution in [3.05, 3.63) is 41.5 Å². The Hall–Kier alpha value is -2.10. The second kappa shape index (κ2) is 6.12. The standard InChI is InChI=1S/C17H21NO3/c1-12-5-3-6-13(11-12)8-9-15(19)18-14-7-4-10-17(14,2)16(20)21/h3,5-6,8-9,11,14H,4,7,10H2,1-2H3,(H,18,19)(H,20,21)/b9-8+. The zero-order valence-electron chi connectivity index (χ0n) is 12.4. The van der Waals surface area contributed by atoms with Crippen LogP contribution in [0.15, 0.2) is 30.3 Å². The fourth-order valence-corrected chi connectivity index (χ4v) is 2.82. The minimum absolute atomic E-state index is 0.240. The zero-order chi connectivity index (χ0) is 15.5. The molecule has 21 heavy (non-hydrogen) atoms. The summed E-state index contributed by atoms with van der Waals surface area (Å²) in [6.45, 7) is 3.70. The van der Waals surface area contributed by atoms with Gasteiger partial charge in [0.25, 0.3) is 0 Å². The summed E-state index contributed by atoms with van der Waals surface area (Å²) in [5.41, 5.74) is 1.23. The number of aliphatic carboxylic acids is 1. The third-order valence-electron chi connectivity index (χ3n) is 4.23. The van der Waals surface area contributed by atoms with Gasteiger partial charge in [-0.05, 0) is 38.3 Å². The first-order valence-electron chi connectivity index (χ1n) is 7.20. The van der Waals surface area contributed by atoms with Crippen LogP contribution >= 0.6 is 0 Å². The van der Waals surface area contributed by atoms with E-state index in [1.807, 2.05) is 31.2 Å². The van der Waals surface area contributed by atoms with Crippen LogP contribution in [0.25, 0.3) is 6.08 Å². The van der Waals surface area contributed by atoms with Crippen molar-refractivity contribution in [2.24, 2.45) is 5.41 Å². The molecule has 0 heterocycles. The summed E-state index contributed by atoms with van der Waals surface area (Å²) in [4.78, 5) is 23.3. The van der Waals surface area contributed by atoms with Crippen LogP contribution in [-0.2, 0) is 9.59 Å². The van der Waals surface area contributed by atoms with Gasteiger partial charge in [-0.3, -0.25) is 9.59 Å². The molecule has 1 saturated carbocycles. The Morgan fingerprint density at radius 1 is 1.43 bits per heavy atom.